The summed E-state index contributed by atoms with van der Waals surface area (Å²) in [5.41, 5.74) is 3.40. The SMILES string of the molecule is COCC(NN)c1ccc(F)c(OC)c1. The number of halogens is 1. The molecule has 1 rings (SSSR count). The molecule has 0 spiro atoms. The number of nitrogens with one attached hydrogen (secondary N) is 1. The summed E-state index contributed by atoms with van der Waals surface area (Å²) in [6.07, 6.45) is 0. The van der Waals surface area contributed by atoms with Crippen molar-refractivity contribution in [2.75, 3.05) is 20.8 Å². The number of benzene rings is 1. The van der Waals surface area contributed by atoms with Gasteiger partial charge in [0.05, 0.1) is 19.8 Å². The molecule has 0 fully saturated rings. The van der Waals surface area contributed by atoms with E-state index < -0.39 is 5.82 Å². The number of ether oxygens (including phenoxy) is 2. The molecule has 0 radical (unpaired) electrons. The van der Waals surface area contributed by atoms with E-state index in [1.165, 1.54) is 13.2 Å². The largest absolute Gasteiger partial charge is 0.494 e. The Hall–Kier alpha value is -1.17. The molecule has 84 valence electrons. The first kappa shape index (κ1) is 11.9. The number of hydrogen-bond acceptors (Lipinski definition) is 4. The summed E-state index contributed by atoms with van der Waals surface area (Å²) in [5, 5.41) is 0. The van der Waals surface area contributed by atoms with E-state index in [2.05, 4.69) is 5.43 Å². The van der Waals surface area contributed by atoms with Crippen molar-refractivity contribution in [1.29, 1.82) is 0 Å². The van der Waals surface area contributed by atoms with Crippen molar-refractivity contribution in [2.24, 2.45) is 5.84 Å². The maximum atomic E-state index is 13.1. The Kier molecular flexibility index (Phi) is 4.48. The van der Waals surface area contributed by atoms with Crippen molar-refractivity contribution in [3.8, 4) is 5.75 Å². The lowest BCUT2D eigenvalue weighted by atomic mass is 10.1. The Balaban J connectivity index is 2.92. The first-order chi connectivity index (χ1) is 7.22. The maximum absolute atomic E-state index is 13.1. The van der Waals surface area contributed by atoms with E-state index in [0.717, 1.165) is 5.56 Å². The zero-order valence-electron chi connectivity index (χ0n) is 8.79. The van der Waals surface area contributed by atoms with Crippen LogP contribution in [-0.2, 0) is 4.74 Å². The van der Waals surface area contributed by atoms with E-state index in [-0.39, 0.29) is 11.8 Å². The molecule has 1 aromatic carbocycles. The van der Waals surface area contributed by atoms with Crippen molar-refractivity contribution >= 4 is 0 Å². The molecule has 0 saturated heterocycles. The molecule has 1 aromatic rings. The standard InChI is InChI=1S/C10H15FN2O2/c1-14-6-9(13-12)7-3-4-8(11)10(5-7)15-2/h3-5,9,13H,6,12H2,1-2H3. The van der Waals surface area contributed by atoms with Gasteiger partial charge in [0.25, 0.3) is 0 Å². The van der Waals surface area contributed by atoms with E-state index in [9.17, 15) is 4.39 Å². The van der Waals surface area contributed by atoms with Crippen LogP contribution in [0.25, 0.3) is 0 Å². The van der Waals surface area contributed by atoms with Gasteiger partial charge in [-0.05, 0) is 17.7 Å². The number of hydrazine groups is 1. The van der Waals surface area contributed by atoms with Gasteiger partial charge >= 0.3 is 0 Å². The van der Waals surface area contributed by atoms with Crippen molar-refractivity contribution in [2.45, 2.75) is 6.04 Å². The first-order valence-electron chi connectivity index (χ1n) is 4.51. The van der Waals surface area contributed by atoms with Crippen molar-refractivity contribution in [1.82, 2.24) is 5.43 Å². The molecule has 1 atom stereocenters. The lowest BCUT2D eigenvalue weighted by Gasteiger charge is -2.16. The predicted molar refractivity (Wildman–Crippen MR) is 54.9 cm³/mol. The third-order valence-electron chi connectivity index (χ3n) is 2.11. The quantitative estimate of drug-likeness (QED) is 0.567. The molecule has 5 heteroatoms. The van der Waals surface area contributed by atoms with Crippen LogP contribution in [0.3, 0.4) is 0 Å². The van der Waals surface area contributed by atoms with Crippen LogP contribution >= 0.6 is 0 Å². The third kappa shape index (κ3) is 2.89. The second-order valence-electron chi connectivity index (χ2n) is 3.07. The van der Waals surface area contributed by atoms with E-state index in [1.807, 2.05) is 0 Å². The van der Waals surface area contributed by atoms with Gasteiger partial charge in [-0.1, -0.05) is 6.07 Å². The smallest absolute Gasteiger partial charge is 0.165 e. The maximum Gasteiger partial charge on any atom is 0.165 e. The number of hydrogen-bond donors (Lipinski definition) is 2. The van der Waals surface area contributed by atoms with Gasteiger partial charge in [-0.3, -0.25) is 11.3 Å². The Morgan fingerprint density at radius 3 is 2.73 bits per heavy atom. The summed E-state index contributed by atoms with van der Waals surface area (Å²) in [4.78, 5) is 0. The van der Waals surface area contributed by atoms with Crippen LogP contribution < -0.4 is 16.0 Å². The van der Waals surface area contributed by atoms with Crippen molar-refractivity contribution < 1.29 is 13.9 Å². The highest BCUT2D eigenvalue weighted by atomic mass is 19.1. The lowest BCUT2D eigenvalue weighted by molar-refractivity contribution is 0.167. The third-order valence-corrected chi connectivity index (χ3v) is 2.11. The van der Waals surface area contributed by atoms with Crippen LogP contribution in [0.4, 0.5) is 4.39 Å². The molecule has 0 aliphatic rings. The minimum absolute atomic E-state index is 0.176. The molecule has 3 N–H and O–H groups in total. The average Bonchev–Trinajstić information content (AvgIpc) is 2.27. The molecule has 0 saturated carbocycles. The minimum atomic E-state index is -0.394. The number of methoxy groups -OCH3 is 2. The molecule has 0 aliphatic carbocycles. The molecular formula is C10H15FN2O2. The van der Waals surface area contributed by atoms with Gasteiger partial charge < -0.3 is 9.47 Å². The topological polar surface area (TPSA) is 56.5 Å². The molecule has 0 bridgehead atoms. The van der Waals surface area contributed by atoms with Crippen LogP contribution in [-0.4, -0.2) is 20.8 Å². The molecule has 0 aromatic heterocycles. The van der Waals surface area contributed by atoms with E-state index in [1.54, 1.807) is 19.2 Å². The first-order valence-corrected chi connectivity index (χ1v) is 4.51. The number of rotatable bonds is 5. The minimum Gasteiger partial charge on any atom is -0.494 e. The average molecular weight is 214 g/mol. The molecule has 4 nitrogen and oxygen atoms in total. The van der Waals surface area contributed by atoms with Gasteiger partial charge in [0, 0.05) is 7.11 Å². The van der Waals surface area contributed by atoms with Gasteiger partial charge in [-0.25, -0.2) is 4.39 Å². The summed E-state index contributed by atoms with van der Waals surface area (Å²) in [6, 6.07) is 4.40. The number of nitrogens with two attached hydrogens (primary N) is 1. The van der Waals surface area contributed by atoms with Crippen molar-refractivity contribution in [3.63, 3.8) is 0 Å². The zero-order chi connectivity index (χ0) is 11.3. The second kappa shape index (κ2) is 5.65. The van der Waals surface area contributed by atoms with Crippen LogP contribution in [0.5, 0.6) is 5.75 Å². The molecule has 0 heterocycles. The van der Waals surface area contributed by atoms with Crippen LogP contribution in [0, 0.1) is 5.82 Å². The van der Waals surface area contributed by atoms with Gasteiger partial charge in [0.15, 0.2) is 11.6 Å². The predicted octanol–water partition coefficient (Wildman–Crippen LogP) is 0.985. The summed E-state index contributed by atoms with van der Waals surface area (Å²) in [6.45, 7) is 0.408. The monoisotopic (exact) mass is 214 g/mol. The lowest BCUT2D eigenvalue weighted by Crippen LogP contribution is -2.31. The molecule has 0 amide bonds. The molecule has 1 unspecified atom stereocenters. The fourth-order valence-corrected chi connectivity index (χ4v) is 1.30. The van der Waals surface area contributed by atoms with Gasteiger partial charge in [0.1, 0.15) is 0 Å². The van der Waals surface area contributed by atoms with Crippen LogP contribution in [0.15, 0.2) is 18.2 Å². The fourth-order valence-electron chi connectivity index (χ4n) is 1.30. The van der Waals surface area contributed by atoms with Crippen LogP contribution in [0.1, 0.15) is 11.6 Å². The van der Waals surface area contributed by atoms with E-state index in [4.69, 9.17) is 15.3 Å². The normalized spacial score (nSPS) is 12.5. The fraction of sp³-hybridized carbons (Fsp3) is 0.400. The Bertz CT molecular complexity index is 320. The summed E-state index contributed by atoms with van der Waals surface area (Å²) in [5.74, 6) is 5.16. The van der Waals surface area contributed by atoms with Crippen LogP contribution in [0.2, 0.25) is 0 Å². The Morgan fingerprint density at radius 1 is 1.47 bits per heavy atom. The molecule has 15 heavy (non-hydrogen) atoms. The Labute approximate surface area is 88.1 Å². The zero-order valence-corrected chi connectivity index (χ0v) is 8.79. The van der Waals surface area contributed by atoms with Gasteiger partial charge in [-0.2, -0.15) is 0 Å². The van der Waals surface area contributed by atoms with Gasteiger partial charge in [0.2, 0.25) is 0 Å². The molecule has 0 aliphatic heterocycles. The van der Waals surface area contributed by atoms with E-state index in [0.29, 0.717) is 6.61 Å². The second-order valence-corrected chi connectivity index (χ2v) is 3.07. The Morgan fingerprint density at radius 2 is 2.20 bits per heavy atom. The summed E-state index contributed by atoms with van der Waals surface area (Å²) in [7, 11) is 2.99. The van der Waals surface area contributed by atoms with Crippen molar-refractivity contribution in [3.05, 3.63) is 29.6 Å². The summed E-state index contributed by atoms with van der Waals surface area (Å²) < 4.78 is 23.0. The summed E-state index contributed by atoms with van der Waals surface area (Å²) >= 11 is 0. The van der Waals surface area contributed by atoms with E-state index >= 15 is 0 Å². The highest BCUT2D eigenvalue weighted by molar-refractivity contribution is 5.32. The highest BCUT2D eigenvalue weighted by Gasteiger charge is 2.12. The van der Waals surface area contributed by atoms with Gasteiger partial charge in [-0.15, -0.1) is 0 Å². The highest BCUT2D eigenvalue weighted by Crippen LogP contribution is 2.22. The molecular weight excluding hydrogens is 199 g/mol.